The Morgan fingerprint density at radius 3 is 2.80 bits per heavy atom. The largest absolute Gasteiger partial charge is 0.481 e. The Kier molecular flexibility index (Phi) is 4.41. The number of benzene rings is 1. The SMILES string of the molecule is COc1ncc(C2CCc3c(F)cccc3NC2=O)cc1C(C)(F)F. The molecule has 7 heteroatoms. The minimum atomic E-state index is -3.16. The van der Waals surface area contributed by atoms with Gasteiger partial charge < -0.3 is 10.1 Å². The van der Waals surface area contributed by atoms with E-state index in [4.69, 9.17) is 4.74 Å². The number of nitrogens with one attached hydrogen (secondary N) is 1. The van der Waals surface area contributed by atoms with Crippen molar-refractivity contribution in [1.82, 2.24) is 4.98 Å². The summed E-state index contributed by atoms with van der Waals surface area (Å²) in [5.41, 5.74) is 0.798. The zero-order valence-corrected chi connectivity index (χ0v) is 13.8. The number of nitrogens with zero attached hydrogens (tertiary/aromatic N) is 1. The van der Waals surface area contributed by atoms with Crippen LogP contribution in [0.4, 0.5) is 18.9 Å². The predicted molar refractivity (Wildman–Crippen MR) is 86.4 cm³/mol. The Morgan fingerprint density at radius 2 is 2.12 bits per heavy atom. The van der Waals surface area contributed by atoms with E-state index in [1.165, 1.54) is 31.5 Å². The number of rotatable bonds is 3. The summed E-state index contributed by atoms with van der Waals surface area (Å²) < 4.78 is 46.5. The van der Waals surface area contributed by atoms with Crippen molar-refractivity contribution in [3.8, 4) is 5.88 Å². The lowest BCUT2D eigenvalue weighted by atomic mass is 9.92. The van der Waals surface area contributed by atoms with Crippen LogP contribution in [0.25, 0.3) is 0 Å². The molecule has 1 aromatic heterocycles. The summed E-state index contributed by atoms with van der Waals surface area (Å²) in [6.45, 7) is 0.745. The molecule has 2 heterocycles. The molecule has 0 spiro atoms. The molecule has 1 aliphatic heterocycles. The van der Waals surface area contributed by atoms with E-state index in [0.717, 1.165) is 6.92 Å². The lowest BCUT2D eigenvalue weighted by Gasteiger charge is -2.18. The number of methoxy groups -OCH3 is 1. The fourth-order valence-electron chi connectivity index (χ4n) is 3.02. The van der Waals surface area contributed by atoms with Crippen molar-refractivity contribution >= 4 is 11.6 Å². The van der Waals surface area contributed by atoms with Crippen molar-refractivity contribution < 1.29 is 22.7 Å². The molecule has 0 radical (unpaired) electrons. The zero-order chi connectivity index (χ0) is 18.2. The third-order valence-electron chi connectivity index (χ3n) is 4.32. The van der Waals surface area contributed by atoms with Gasteiger partial charge in [0.05, 0.1) is 18.6 Å². The van der Waals surface area contributed by atoms with E-state index in [-0.39, 0.29) is 17.4 Å². The van der Waals surface area contributed by atoms with Gasteiger partial charge in [-0.3, -0.25) is 4.79 Å². The molecule has 1 unspecified atom stereocenters. The Morgan fingerprint density at radius 1 is 1.36 bits per heavy atom. The normalized spacial score (nSPS) is 17.5. The number of fused-ring (bicyclic) bond motifs is 1. The molecule has 25 heavy (non-hydrogen) atoms. The second-order valence-corrected chi connectivity index (χ2v) is 6.06. The Hall–Kier alpha value is -2.57. The first kappa shape index (κ1) is 17.3. The van der Waals surface area contributed by atoms with Crippen LogP contribution in [0.5, 0.6) is 5.88 Å². The number of halogens is 3. The predicted octanol–water partition coefficient (Wildman–Crippen LogP) is 4.01. The number of ether oxygens (including phenoxy) is 1. The maximum atomic E-state index is 13.9. The summed E-state index contributed by atoms with van der Waals surface area (Å²) in [5.74, 6) is -4.82. The highest BCUT2D eigenvalue weighted by molar-refractivity contribution is 5.97. The molecule has 2 aromatic rings. The smallest absolute Gasteiger partial charge is 0.275 e. The topological polar surface area (TPSA) is 51.2 Å². The summed E-state index contributed by atoms with van der Waals surface area (Å²) in [6.07, 6.45) is 1.96. The number of hydrogen-bond acceptors (Lipinski definition) is 3. The number of amides is 1. The maximum Gasteiger partial charge on any atom is 0.275 e. The van der Waals surface area contributed by atoms with Crippen LogP contribution in [0, 0.1) is 5.82 Å². The van der Waals surface area contributed by atoms with E-state index < -0.39 is 17.7 Å². The minimum Gasteiger partial charge on any atom is -0.481 e. The second kappa shape index (κ2) is 6.38. The third kappa shape index (κ3) is 3.31. The van der Waals surface area contributed by atoms with Crippen LogP contribution in [-0.4, -0.2) is 18.0 Å². The van der Waals surface area contributed by atoms with Crippen LogP contribution in [0.15, 0.2) is 30.5 Å². The van der Waals surface area contributed by atoms with E-state index >= 15 is 0 Å². The number of pyridine rings is 1. The summed E-state index contributed by atoms with van der Waals surface area (Å²) in [7, 11) is 1.26. The number of hydrogen-bond donors (Lipinski definition) is 1. The highest BCUT2D eigenvalue weighted by atomic mass is 19.3. The van der Waals surface area contributed by atoms with E-state index in [2.05, 4.69) is 10.3 Å². The summed E-state index contributed by atoms with van der Waals surface area (Å²) in [4.78, 5) is 16.4. The van der Waals surface area contributed by atoms with Crippen molar-refractivity contribution in [3.05, 3.63) is 53.0 Å². The molecule has 4 nitrogen and oxygen atoms in total. The molecule has 3 rings (SSSR count). The first-order valence-corrected chi connectivity index (χ1v) is 7.81. The van der Waals surface area contributed by atoms with Gasteiger partial charge in [-0.15, -0.1) is 0 Å². The van der Waals surface area contributed by atoms with Crippen LogP contribution in [0.1, 0.15) is 36.0 Å². The molecule has 0 bridgehead atoms. The Balaban J connectivity index is 1.98. The number of anilines is 1. The molecule has 0 saturated heterocycles. The fraction of sp³-hybridized carbons (Fsp3) is 0.333. The third-order valence-corrected chi connectivity index (χ3v) is 4.32. The highest BCUT2D eigenvalue weighted by Gasteiger charge is 2.33. The molecule has 1 amide bonds. The van der Waals surface area contributed by atoms with Crippen LogP contribution >= 0.6 is 0 Å². The van der Waals surface area contributed by atoms with Crippen molar-refractivity contribution in [2.75, 3.05) is 12.4 Å². The molecule has 132 valence electrons. The van der Waals surface area contributed by atoms with Crippen molar-refractivity contribution in [3.63, 3.8) is 0 Å². The monoisotopic (exact) mass is 350 g/mol. The van der Waals surface area contributed by atoms with Gasteiger partial charge in [0.15, 0.2) is 0 Å². The fourth-order valence-corrected chi connectivity index (χ4v) is 3.02. The number of carbonyl (C=O) groups is 1. The molecule has 0 aliphatic carbocycles. The molecular weight excluding hydrogens is 333 g/mol. The molecule has 1 aliphatic rings. The van der Waals surface area contributed by atoms with Crippen molar-refractivity contribution in [2.45, 2.75) is 31.6 Å². The van der Waals surface area contributed by atoms with E-state index in [1.807, 2.05) is 0 Å². The number of carbonyl (C=O) groups excluding carboxylic acids is 1. The Labute approximate surface area is 143 Å². The summed E-state index contributed by atoms with van der Waals surface area (Å²) in [5, 5.41) is 2.67. The van der Waals surface area contributed by atoms with Gasteiger partial charge in [-0.05, 0) is 36.6 Å². The van der Waals surface area contributed by atoms with Crippen LogP contribution < -0.4 is 10.1 Å². The zero-order valence-electron chi connectivity index (χ0n) is 13.8. The van der Waals surface area contributed by atoms with Crippen molar-refractivity contribution in [1.29, 1.82) is 0 Å². The number of alkyl halides is 2. The van der Waals surface area contributed by atoms with Gasteiger partial charge in [0.1, 0.15) is 5.82 Å². The van der Waals surface area contributed by atoms with Gasteiger partial charge in [0.25, 0.3) is 5.92 Å². The maximum absolute atomic E-state index is 13.9. The molecule has 1 aromatic carbocycles. The first-order valence-electron chi connectivity index (χ1n) is 7.81. The average molecular weight is 350 g/mol. The van der Waals surface area contributed by atoms with Gasteiger partial charge in [0.2, 0.25) is 11.8 Å². The minimum absolute atomic E-state index is 0.181. The lowest BCUT2D eigenvalue weighted by molar-refractivity contribution is -0.117. The van der Waals surface area contributed by atoms with Gasteiger partial charge in [-0.2, -0.15) is 0 Å². The summed E-state index contributed by atoms with van der Waals surface area (Å²) in [6, 6.07) is 5.70. The van der Waals surface area contributed by atoms with Crippen molar-refractivity contribution in [2.24, 2.45) is 0 Å². The van der Waals surface area contributed by atoms with Gasteiger partial charge in [0, 0.05) is 24.4 Å². The van der Waals surface area contributed by atoms with Gasteiger partial charge in [-0.25, -0.2) is 18.2 Å². The Bertz CT molecular complexity index is 818. The molecule has 0 saturated carbocycles. The molecule has 1 atom stereocenters. The van der Waals surface area contributed by atoms with Crippen LogP contribution in [-0.2, 0) is 17.1 Å². The standard InChI is InChI=1S/C18H17F3N2O2/c1-18(20,21)13-8-10(9-22-17(13)25-2)11-6-7-12-14(19)4-3-5-15(12)23-16(11)24/h3-5,8-9,11H,6-7H2,1-2H3,(H,23,24). The molecule has 0 fully saturated rings. The molecule has 1 N–H and O–H groups in total. The van der Waals surface area contributed by atoms with Crippen LogP contribution in [0.2, 0.25) is 0 Å². The average Bonchev–Trinajstić information content (AvgIpc) is 2.73. The quantitative estimate of drug-likeness (QED) is 0.910. The van der Waals surface area contributed by atoms with Gasteiger partial charge in [-0.1, -0.05) is 6.07 Å². The summed E-state index contributed by atoms with van der Waals surface area (Å²) >= 11 is 0. The van der Waals surface area contributed by atoms with Crippen LogP contribution in [0.3, 0.4) is 0 Å². The van der Waals surface area contributed by atoms with Gasteiger partial charge >= 0.3 is 0 Å². The first-order chi connectivity index (χ1) is 11.8. The van der Waals surface area contributed by atoms with E-state index in [0.29, 0.717) is 29.7 Å². The van der Waals surface area contributed by atoms with E-state index in [9.17, 15) is 18.0 Å². The molecular formula is C18H17F3N2O2. The van der Waals surface area contributed by atoms with E-state index in [1.54, 1.807) is 6.07 Å². The number of aromatic nitrogens is 1. The second-order valence-electron chi connectivity index (χ2n) is 6.06. The lowest BCUT2D eigenvalue weighted by Crippen LogP contribution is -2.21. The highest BCUT2D eigenvalue weighted by Crippen LogP contribution is 2.37.